The van der Waals surface area contributed by atoms with E-state index in [0.717, 1.165) is 12.4 Å². The monoisotopic (exact) mass is 198 g/mol. The molecule has 0 saturated carbocycles. The molecular formula is C10H15O2P. The average molecular weight is 198 g/mol. The average Bonchev–Trinajstić information content (AvgIpc) is 2.15. The van der Waals surface area contributed by atoms with Gasteiger partial charge in [-0.15, -0.1) is 0 Å². The number of rotatable bonds is 5. The lowest BCUT2D eigenvalue weighted by molar-refractivity contribution is 0.342. The third-order valence-electron chi connectivity index (χ3n) is 1.57. The Labute approximate surface area is 81.1 Å². The zero-order valence-electron chi connectivity index (χ0n) is 8.04. The van der Waals surface area contributed by atoms with Crippen LogP contribution in [0.5, 0.6) is 5.75 Å². The maximum Gasteiger partial charge on any atom is 0.129 e. The molecule has 13 heavy (non-hydrogen) atoms. The van der Waals surface area contributed by atoms with E-state index < -0.39 is 0 Å². The zero-order valence-corrected chi connectivity index (χ0v) is 9.04. The van der Waals surface area contributed by atoms with Gasteiger partial charge in [-0.2, -0.15) is 0 Å². The molecule has 0 aromatic heterocycles. The first-order valence-corrected chi connectivity index (χ1v) is 5.48. The smallest absolute Gasteiger partial charge is 0.129 e. The van der Waals surface area contributed by atoms with E-state index in [4.69, 9.17) is 9.26 Å². The van der Waals surface area contributed by atoms with Crippen LogP contribution in [0, 0.1) is 6.92 Å². The van der Waals surface area contributed by atoms with E-state index in [1.54, 1.807) is 0 Å². The topological polar surface area (TPSA) is 18.5 Å². The van der Waals surface area contributed by atoms with E-state index in [1.807, 2.05) is 31.2 Å². The Kier molecular flexibility index (Phi) is 4.81. The molecule has 0 heterocycles. The molecule has 0 amide bonds. The maximum atomic E-state index is 5.45. The molecule has 0 radical (unpaired) electrons. The van der Waals surface area contributed by atoms with E-state index in [-0.39, 0.29) is 0 Å². The Hall–Kier alpha value is -0.590. The van der Waals surface area contributed by atoms with Crippen LogP contribution in [0.2, 0.25) is 0 Å². The van der Waals surface area contributed by atoms with Crippen molar-refractivity contribution in [1.29, 1.82) is 0 Å². The third-order valence-corrected chi connectivity index (χ3v) is 2.32. The SMILES string of the molecule is CCOPCOc1ccc(C)cc1. The Bertz CT molecular complexity index is 233. The molecule has 0 aliphatic rings. The van der Waals surface area contributed by atoms with Crippen LogP contribution in [0.1, 0.15) is 12.5 Å². The standard InChI is InChI=1S/C10H15O2P/c1-3-12-13-8-11-10-6-4-9(2)5-7-10/h4-7,13H,3,8H2,1-2H3. The summed E-state index contributed by atoms with van der Waals surface area (Å²) >= 11 is 0. The number of benzene rings is 1. The predicted molar refractivity (Wildman–Crippen MR) is 56.6 cm³/mol. The van der Waals surface area contributed by atoms with Gasteiger partial charge in [0, 0.05) is 6.61 Å². The molecule has 1 unspecified atom stereocenters. The normalized spacial score (nSPS) is 10.9. The maximum absolute atomic E-state index is 5.45. The molecule has 1 aromatic carbocycles. The van der Waals surface area contributed by atoms with Crippen LogP contribution in [0.15, 0.2) is 24.3 Å². The second-order valence-corrected chi connectivity index (χ2v) is 3.55. The summed E-state index contributed by atoms with van der Waals surface area (Å²) in [6.45, 7) is 4.81. The van der Waals surface area contributed by atoms with Gasteiger partial charge in [-0.3, -0.25) is 0 Å². The molecule has 2 nitrogen and oxygen atoms in total. The minimum Gasteiger partial charge on any atom is -0.487 e. The summed E-state index contributed by atoms with van der Waals surface area (Å²) in [4.78, 5) is 0. The van der Waals surface area contributed by atoms with Gasteiger partial charge in [-0.05, 0) is 26.0 Å². The summed E-state index contributed by atoms with van der Waals surface area (Å²) in [6.07, 6.45) is 0.650. The second kappa shape index (κ2) is 5.95. The lowest BCUT2D eigenvalue weighted by Gasteiger charge is -2.05. The van der Waals surface area contributed by atoms with Crippen molar-refractivity contribution in [2.24, 2.45) is 0 Å². The predicted octanol–water partition coefficient (Wildman–Crippen LogP) is 2.96. The summed E-state index contributed by atoms with van der Waals surface area (Å²) in [5.74, 6) is 0.915. The molecule has 1 atom stereocenters. The molecule has 3 heteroatoms. The number of aryl methyl sites for hydroxylation is 1. The zero-order chi connectivity index (χ0) is 9.52. The van der Waals surface area contributed by atoms with E-state index in [2.05, 4.69) is 6.92 Å². The fourth-order valence-corrected chi connectivity index (χ4v) is 1.40. The third kappa shape index (κ3) is 4.25. The van der Waals surface area contributed by atoms with Gasteiger partial charge in [-0.1, -0.05) is 17.7 Å². The van der Waals surface area contributed by atoms with Gasteiger partial charge < -0.3 is 9.26 Å². The fraction of sp³-hybridized carbons (Fsp3) is 0.400. The van der Waals surface area contributed by atoms with Crippen molar-refractivity contribution in [3.8, 4) is 5.75 Å². The number of ether oxygens (including phenoxy) is 1. The fourth-order valence-electron chi connectivity index (χ4n) is 0.891. The van der Waals surface area contributed by atoms with Crippen molar-refractivity contribution >= 4 is 8.81 Å². The summed E-state index contributed by atoms with van der Waals surface area (Å²) in [7, 11) is 0.433. The quantitative estimate of drug-likeness (QED) is 0.535. The summed E-state index contributed by atoms with van der Waals surface area (Å²) in [5.41, 5.74) is 1.25. The summed E-state index contributed by atoms with van der Waals surface area (Å²) in [5, 5.41) is 0. The van der Waals surface area contributed by atoms with Crippen LogP contribution in [0.3, 0.4) is 0 Å². The Balaban J connectivity index is 2.25. The molecule has 0 spiro atoms. The minimum atomic E-state index is 0.433. The van der Waals surface area contributed by atoms with Crippen molar-refractivity contribution in [2.75, 3.05) is 13.0 Å². The summed E-state index contributed by atoms with van der Waals surface area (Å²) < 4.78 is 10.6. The Morgan fingerprint density at radius 2 is 1.92 bits per heavy atom. The van der Waals surface area contributed by atoms with E-state index >= 15 is 0 Å². The van der Waals surface area contributed by atoms with Crippen LogP contribution in [0.4, 0.5) is 0 Å². The van der Waals surface area contributed by atoms with Crippen LogP contribution in [-0.2, 0) is 4.52 Å². The van der Waals surface area contributed by atoms with Gasteiger partial charge >= 0.3 is 0 Å². The highest BCUT2D eigenvalue weighted by atomic mass is 31.1. The molecule has 0 aliphatic carbocycles. The van der Waals surface area contributed by atoms with Crippen molar-refractivity contribution in [2.45, 2.75) is 13.8 Å². The first-order valence-electron chi connectivity index (χ1n) is 4.37. The summed E-state index contributed by atoms with van der Waals surface area (Å²) in [6, 6.07) is 8.04. The number of hydrogen-bond donors (Lipinski definition) is 0. The second-order valence-electron chi connectivity index (χ2n) is 2.68. The van der Waals surface area contributed by atoms with E-state index in [9.17, 15) is 0 Å². The van der Waals surface area contributed by atoms with Crippen molar-refractivity contribution in [3.05, 3.63) is 29.8 Å². The van der Waals surface area contributed by atoms with Gasteiger partial charge in [0.15, 0.2) is 0 Å². The molecule has 1 rings (SSSR count). The van der Waals surface area contributed by atoms with Crippen molar-refractivity contribution in [1.82, 2.24) is 0 Å². The highest BCUT2D eigenvalue weighted by Gasteiger charge is 1.92. The highest BCUT2D eigenvalue weighted by Crippen LogP contribution is 2.16. The molecule has 0 saturated heterocycles. The molecule has 0 bridgehead atoms. The highest BCUT2D eigenvalue weighted by molar-refractivity contribution is 7.31. The molecule has 0 aliphatic heterocycles. The van der Waals surface area contributed by atoms with Crippen LogP contribution in [0.25, 0.3) is 0 Å². The molecule has 72 valence electrons. The van der Waals surface area contributed by atoms with Gasteiger partial charge in [-0.25, -0.2) is 0 Å². The van der Waals surface area contributed by atoms with Crippen molar-refractivity contribution in [3.63, 3.8) is 0 Å². The molecular weight excluding hydrogens is 183 g/mol. The van der Waals surface area contributed by atoms with Crippen LogP contribution >= 0.6 is 8.81 Å². The Morgan fingerprint density at radius 3 is 2.54 bits per heavy atom. The molecule has 0 N–H and O–H groups in total. The van der Waals surface area contributed by atoms with E-state index in [1.165, 1.54) is 5.56 Å². The van der Waals surface area contributed by atoms with E-state index in [0.29, 0.717) is 15.2 Å². The van der Waals surface area contributed by atoms with Crippen molar-refractivity contribution < 1.29 is 9.26 Å². The Morgan fingerprint density at radius 1 is 1.23 bits per heavy atom. The first-order chi connectivity index (χ1) is 6.33. The lowest BCUT2D eigenvalue weighted by Crippen LogP contribution is -1.91. The van der Waals surface area contributed by atoms with Gasteiger partial charge in [0.05, 0.1) is 8.81 Å². The van der Waals surface area contributed by atoms with Gasteiger partial charge in [0.1, 0.15) is 12.1 Å². The van der Waals surface area contributed by atoms with Gasteiger partial charge in [0.2, 0.25) is 0 Å². The van der Waals surface area contributed by atoms with Crippen LogP contribution in [-0.4, -0.2) is 13.0 Å². The van der Waals surface area contributed by atoms with Gasteiger partial charge in [0.25, 0.3) is 0 Å². The lowest BCUT2D eigenvalue weighted by atomic mass is 10.2. The minimum absolute atomic E-state index is 0.433. The molecule has 1 aromatic rings. The molecule has 0 fully saturated rings. The van der Waals surface area contributed by atoms with Crippen LogP contribution < -0.4 is 4.74 Å². The largest absolute Gasteiger partial charge is 0.487 e. The number of hydrogen-bond acceptors (Lipinski definition) is 2. The first kappa shape index (κ1) is 10.5.